The minimum atomic E-state index is -0.540. The number of carbonyl (C=O) groups excluding carboxylic acids is 2. The van der Waals surface area contributed by atoms with Crippen molar-refractivity contribution >= 4 is 11.8 Å². The minimum absolute atomic E-state index is 0.00173. The number of piperidine rings is 2. The number of nitrogens with zero attached hydrogens (tertiary/aromatic N) is 2. The van der Waals surface area contributed by atoms with Crippen molar-refractivity contribution in [3.63, 3.8) is 0 Å². The van der Waals surface area contributed by atoms with Crippen LogP contribution in [0.4, 0.5) is 0 Å². The molecule has 0 radical (unpaired) electrons. The minimum Gasteiger partial charge on any atom is -0.459 e. The maximum absolute atomic E-state index is 12.8. The lowest BCUT2D eigenvalue weighted by atomic mass is 9.94. The molecule has 0 aromatic carbocycles. The highest BCUT2D eigenvalue weighted by atomic mass is 16.3. The highest BCUT2D eigenvalue weighted by molar-refractivity contribution is 5.95. The molecule has 2 amide bonds. The van der Waals surface area contributed by atoms with Crippen LogP contribution in [0, 0.1) is 11.8 Å². The Kier molecular flexibility index (Phi) is 6.35. The van der Waals surface area contributed by atoms with Gasteiger partial charge in [0.25, 0.3) is 5.91 Å². The summed E-state index contributed by atoms with van der Waals surface area (Å²) in [5.41, 5.74) is 0. The van der Waals surface area contributed by atoms with Crippen molar-refractivity contribution in [2.45, 2.75) is 45.6 Å². The lowest BCUT2D eigenvalue weighted by Gasteiger charge is -2.38. The number of nitrogens with one attached hydrogen (secondary N) is 1. The van der Waals surface area contributed by atoms with Crippen LogP contribution in [0.5, 0.6) is 0 Å². The van der Waals surface area contributed by atoms with Crippen molar-refractivity contribution in [3.8, 4) is 0 Å². The molecule has 2 fully saturated rings. The van der Waals surface area contributed by atoms with Crippen molar-refractivity contribution in [3.05, 3.63) is 24.2 Å². The Bertz CT molecular complexity index is 593. The van der Waals surface area contributed by atoms with Gasteiger partial charge >= 0.3 is 0 Å². The summed E-state index contributed by atoms with van der Waals surface area (Å²) >= 11 is 0. The van der Waals surface area contributed by atoms with Crippen LogP contribution in [-0.4, -0.2) is 60.4 Å². The summed E-state index contributed by atoms with van der Waals surface area (Å²) in [7, 11) is 0. The molecule has 2 aliphatic heterocycles. The van der Waals surface area contributed by atoms with Crippen LogP contribution < -0.4 is 5.32 Å². The van der Waals surface area contributed by atoms with Crippen LogP contribution in [0.25, 0.3) is 0 Å². The first-order valence-corrected chi connectivity index (χ1v) is 9.88. The molecule has 2 saturated heterocycles. The zero-order valence-electron chi connectivity index (χ0n) is 15.9. The van der Waals surface area contributed by atoms with Crippen molar-refractivity contribution in [2.24, 2.45) is 11.8 Å². The highest BCUT2D eigenvalue weighted by Gasteiger charge is 2.29. The van der Waals surface area contributed by atoms with Crippen LogP contribution in [0.15, 0.2) is 22.8 Å². The molecule has 1 N–H and O–H groups in total. The fraction of sp³-hybridized carbons (Fsp3) is 0.700. The zero-order chi connectivity index (χ0) is 18.5. The van der Waals surface area contributed by atoms with E-state index in [0.29, 0.717) is 5.92 Å². The van der Waals surface area contributed by atoms with Gasteiger partial charge < -0.3 is 19.5 Å². The van der Waals surface area contributed by atoms with Gasteiger partial charge in [0.1, 0.15) is 6.04 Å². The molecular formula is C20H31N3O3. The monoisotopic (exact) mass is 361 g/mol. The third kappa shape index (κ3) is 4.87. The van der Waals surface area contributed by atoms with Gasteiger partial charge in [-0.15, -0.1) is 0 Å². The Hall–Kier alpha value is -1.82. The van der Waals surface area contributed by atoms with Crippen molar-refractivity contribution in [1.82, 2.24) is 15.1 Å². The van der Waals surface area contributed by atoms with E-state index in [2.05, 4.69) is 17.1 Å². The molecule has 6 nitrogen and oxygen atoms in total. The Morgan fingerprint density at radius 1 is 1.27 bits per heavy atom. The summed E-state index contributed by atoms with van der Waals surface area (Å²) in [5, 5.41) is 2.75. The van der Waals surface area contributed by atoms with Gasteiger partial charge in [-0.2, -0.15) is 0 Å². The molecular weight excluding hydrogens is 330 g/mol. The molecule has 26 heavy (non-hydrogen) atoms. The second kappa shape index (κ2) is 8.71. The molecule has 0 spiro atoms. The molecule has 1 aromatic heterocycles. The lowest BCUT2D eigenvalue weighted by Crippen LogP contribution is -2.51. The molecule has 0 aliphatic carbocycles. The van der Waals surface area contributed by atoms with Gasteiger partial charge in [-0.3, -0.25) is 9.59 Å². The number of hydrogen-bond acceptors (Lipinski definition) is 4. The van der Waals surface area contributed by atoms with E-state index >= 15 is 0 Å². The standard InChI is InChI=1S/C20H31N3O3/c1-15-7-10-22(11-8-15)13-17-5-3-9-23(14-17)20(25)16(2)21-19(24)18-6-4-12-26-18/h4,6,12,15-17H,3,5,7-11,13-14H2,1-2H3,(H,21,24). The molecule has 2 atom stereocenters. The van der Waals surface area contributed by atoms with Crippen molar-refractivity contribution in [1.29, 1.82) is 0 Å². The lowest BCUT2D eigenvalue weighted by molar-refractivity contribution is -0.134. The van der Waals surface area contributed by atoms with Gasteiger partial charge in [0.05, 0.1) is 6.26 Å². The van der Waals surface area contributed by atoms with E-state index in [1.54, 1.807) is 19.1 Å². The molecule has 0 bridgehead atoms. The van der Waals surface area contributed by atoms with Crippen molar-refractivity contribution in [2.75, 3.05) is 32.7 Å². The second-order valence-electron chi connectivity index (χ2n) is 7.95. The number of rotatable bonds is 5. The molecule has 1 aromatic rings. The van der Waals surface area contributed by atoms with E-state index in [1.165, 1.54) is 38.6 Å². The number of hydrogen-bond donors (Lipinski definition) is 1. The van der Waals surface area contributed by atoms with Crippen LogP contribution in [0.2, 0.25) is 0 Å². The van der Waals surface area contributed by atoms with E-state index in [4.69, 9.17) is 4.42 Å². The number of carbonyl (C=O) groups is 2. The van der Waals surface area contributed by atoms with Crippen LogP contribution in [0.3, 0.4) is 0 Å². The van der Waals surface area contributed by atoms with Gasteiger partial charge in [0.2, 0.25) is 5.91 Å². The molecule has 2 unspecified atom stereocenters. The first-order chi connectivity index (χ1) is 12.5. The van der Waals surface area contributed by atoms with Gasteiger partial charge in [-0.25, -0.2) is 0 Å². The van der Waals surface area contributed by atoms with E-state index in [1.807, 2.05) is 4.90 Å². The highest BCUT2D eigenvalue weighted by Crippen LogP contribution is 2.22. The Labute approximate surface area is 155 Å². The summed E-state index contributed by atoms with van der Waals surface area (Å²) in [5.74, 6) is 1.28. The van der Waals surface area contributed by atoms with Crippen LogP contribution in [-0.2, 0) is 4.79 Å². The third-order valence-electron chi connectivity index (χ3n) is 5.69. The third-order valence-corrected chi connectivity index (χ3v) is 5.69. The Balaban J connectivity index is 1.48. The fourth-order valence-electron chi connectivity index (χ4n) is 4.04. The molecule has 3 rings (SSSR count). The molecule has 144 valence electrons. The average molecular weight is 361 g/mol. The number of amides is 2. The SMILES string of the molecule is CC1CCN(CC2CCCN(C(=O)C(C)NC(=O)c3ccco3)C2)CC1. The van der Waals surface area contributed by atoms with Crippen LogP contribution >= 0.6 is 0 Å². The average Bonchev–Trinajstić information content (AvgIpc) is 3.18. The van der Waals surface area contributed by atoms with E-state index in [-0.39, 0.29) is 17.6 Å². The number of furan rings is 1. The summed E-state index contributed by atoms with van der Waals surface area (Å²) < 4.78 is 5.09. The topological polar surface area (TPSA) is 65.8 Å². The molecule has 2 aliphatic rings. The van der Waals surface area contributed by atoms with Crippen LogP contribution in [0.1, 0.15) is 50.1 Å². The van der Waals surface area contributed by atoms with Gasteiger partial charge in [-0.05, 0) is 69.7 Å². The zero-order valence-corrected chi connectivity index (χ0v) is 15.9. The Morgan fingerprint density at radius 3 is 2.73 bits per heavy atom. The van der Waals surface area contributed by atoms with Gasteiger partial charge in [0, 0.05) is 19.6 Å². The van der Waals surface area contributed by atoms with Gasteiger partial charge in [0.15, 0.2) is 5.76 Å². The summed E-state index contributed by atoms with van der Waals surface area (Å²) in [6, 6.07) is 2.73. The quantitative estimate of drug-likeness (QED) is 0.874. The van der Waals surface area contributed by atoms with Gasteiger partial charge in [-0.1, -0.05) is 6.92 Å². The molecule has 3 heterocycles. The first kappa shape index (κ1) is 19.0. The summed E-state index contributed by atoms with van der Waals surface area (Å²) in [6.45, 7) is 9.11. The van der Waals surface area contributed by atoms with E-state index in [9.17, 15) is 9.59 Å². The maximum atomic E-state index is 12.8. The van der Waals surface area contributed by atoms with E-state index in [0.717, 1.165) is 32.0 Å². The predicted octanol–water partition coefficient (Wildman–Crippen LogP) is 2.37. The predicted molar refractivity (Wildman–Crippen MR) is 99.8 cm³/mol. The largest absolute Gasteiger partial charge is 0.459 e. The normalized spacial score (nSPS) is 23.6. The molecule has 0 saturated carbocycles. The Morgan fingerprint density at radius 2 is 2.04 bits per heavy atom. The smallest absolute Gasteiger partial charge is 0.287 e. The van der Waals surface area contributed by atoms with E-state index < -0.39 is 6.04 Å². The molecule has 6 heteroatoms. The maximum Gasteiger partial charge on any atom is 0.287 e. The second-order valence-corrected chi connectivity index (χ2v) is 7.95. The first-order valence-electron chi connectivity index (χ1n) is 9.88. The number of likely N-dealkylation sites (tertiary alicyclic amines) is 2. The van der Waals surface area contributed by atoms with Crippen molar-refractivity contribution < 1.29 is 14.0 Å². The summed E-state index contributed by atoms with van der Waals surface area (Å²) in [6.07, 6.45) is 6.25. The summed E-state index contributed by atoms with van der Waals surface area (Å²) in [4.78, 5) is 29.3. The fourth-order valence-corrected chi connectivity index (χ4v) is 4.04.